The number of hydrogen-bond acceptors (Lipinski definition) is 7. The Bertz CT molecular complexity index is 1140. The largest absolute Gasteiger partial charge is 0.454 e. The molecule has 0 saturated heterocycles. The number of benzene rings is 2. The van der Waals surface area contributed by atoms with Gasteiger partial charge in [0.25, 0.3) is 15.9 Å². The number of aliphatic imine (C=N–C) groups is 1. The van der Waals surface area contributed by atoms with Crippen LogP contribution >= 0.6 is 0 Å². The normalized spacial score (nSPS) is 16.3. The lowest BCUT2D eigenvalue weighted by atomic mass is 10.2. The zero-order chi connectivity index (χ0) is 22.6. The van der Waals surface area contributed by atoms with E-state index < -0.39 is 41.2 Å². The molecule has 0 unspecified atom stereocenters. The molecular formula is C19H17F2N3O6S. The second-order valence-electron chi connectivity index (χ2n) is 6.29. The number of nitrogens with zero attached hydrogens (tertiary/aromatic N) is 1. The van der Waals surface area contributed by atoms with E-state index in [1.165, 1.54) is 43.3 Å². The molecule has 3 rings (SSSR count). The van der Waals surface area contributed by atoms with E-state index in [1.54, 1.807) is 12.1 Å². The molecule has 0 aromatic heterocycles. The summed E-state index contributed by atoms with van der Waals surface area (Å²) in [7, 11) is -3.76. The van der Waals surface area contributed by atoms with Gasteiger partial charge in [-0.25, -0.2) is 13.2 Å². The summed E-state index contributed by atoms with van der Waals surface area (Å²) in [6.07, 6.45) is 0. The molecule has 0 saturated carbocycles. The molecule has 1 amide bonds. The van der Waals surface area contributed by atoms with Gasteiger partial charge in [-0.15, -0.1) is 0 Å². The van der Waals surface area contributed by atoms with E-state index in [0.29, 0.717) is 5.56 Å². The van der Waals surface area contributed by atoms with E-state index in [9.17, 15) is 26.8 Å². The van der Waals surface area contributed by atoms with Crippen molar-refractivity contribution in [3.8, 4) is 5.75 Å². The summed E-state index contributed by atoms with van der Waals surface area (Å²) in [5.74, 6) is -1.93. The number of amides is 1. The van der Waals surface area contributed by atoms with Gasteiger partial charge in [-0.2, -0.15) is 8.78 Å². The minimum Gasteiger partial charge on any atom is -0.454 e. The number of anilines is 1. The topological polar surface area (TPSA) is 123 Å². The number of nitrogens with one attached hydrogen (secondary N) is 2. The summed E-state index contributed by atoms with van der Waals surface area (Å²) in [5.41, 5.74) is 0.296. The molecule has 0 fully saturated rings. The van der Waals surface area contributed by atoms with Crippen molar-refractivity contribution in [1.82, 2.24) is 4.72 Å². The zero-order valence-electron chi connectivity index (χ0n) is 16.0. The number of alkyl halides is 2. The summed E-state index contributed by atoms with van der Waals surface area (Å²) in [6, 6.07) is 10.5. The maximum atomic E-state index is 12.4. The third-order valence-corrected chi connectivity index (χ3v) is 5.45. The molecule has 0 bridgehead atoms. The maximum Gasteiger partial charge on any atom is 0.387 e. The van der Waals surface area contributed by atoms with Gasteiger partial charge in [0, 0.05) is 5.56 Å². The molecule has 2 N–H and O–H groups in total. The van der Waals surface area contributed by atoms with Gasteiger partial charge in [-0.1, -0.05) is 24.3 Å². The summed E-state index contributed by atoms with van der Waals surface area (Å²) in [6.45, 7) is -2.41. The summed E-state index contributed by atoms with van der Waals surface area (Å²) in [5, 5.41) is 2.31. The van der Waals surface area contributed by atoms with E-state index in [-0.39, 0.29) is 22.2 Å². The van der Waals surface area contributed by atoms with Gasteiger partial charge in [0.15, 0.2) is 6.61 Å². The van der Waals surface area contributed by atoms with Crippen LogP contribution in [0.5, 0.6) is 5.75 Å². The molecule has 2 aromatic rings. The molecule has 0 radical (unpaired) electrons. The van der Waals surface area contributed by atoms with Crippen LogP contribution in [0.2, 0.25) is 0 Å². The summed E-state index contributed by atoms with van der Waals surface area (Å²) >= 11 is 0. The van der Waals surface area contributed by atoms with Crippen LogP contribution in [0, 0.1) is 0 Å². The van der Waals surface area contributed by atoms with Crippen molar-refractivity contribution in [2.75, 3.05) is 11.9 Å². The number of amidine groups is 1. The van der Waals surface area contributed by atoms with Gasteiger partial charge in [-0.05, 0) is 31.2 Å². The second kappa shape index (κ2) is 9.08. The van der Waals surface area contributed by atoms with Gasteiger partial charge < -0.3 is 14.8 Å². The van der Waals surface area contributed by atoms with Crippen LogP contribution in [0.1, 0.15) is 12.5 Å². The van der Waals surface area contributed by atoms with E-state index >= 15 is 0 Å². The Morgan fingerprint density at radius 1 is 1.13 bits per heavy atom. The number of rotatable bonds is 7. The molecular weight excluding hydrogens is 436 g/mol. The van der Waals surface area contributed by atoms with Crippen LogP contribution in [0.3, 0.4) is 0 Å². The number of ether oxygens (including phenoxy) is 2. The summed E-state index contributed by atoms with van der Waals surface area (Å²) in [4.78, 5) is 28.3. The SMILES string of the molecule is C[C@H](N=C1NS(=O)(=O)c2ccccc21)C(=O)OCC(=O)Nc1ccccc1OC(F)F. The van der Waals surface area contributed by atoms with Crippen molar-refractivity contribution in [1.29, 1.82) is 0 Å². The maximum absolute atomic E-state index is 12.4. The Hall–Kier alpha value is -3.54. The van der Waals surface area contributed by atoms with Crippen molar-refractivity contribution >= 4 is 33.4 Å². The fourth-order valence-electron chi connectivity index (χ4n) is 2.69. The third-order valence-electron chi connectivity index (χ3n) is 4.05. The molecule has 31 heavy (non-hydrogen) atoms. The number of sulfonamides is 1. The molecule has 1 heterocycles. The average molecular weight is 453 g/mol. The van der Waals surface area contributed by atoms with Gasteiger partial charge in [0.05, 0.1) is 10.6 Å². The Labute approximate surface area is 176 Å². The smallest absolute Gasteiger partial charge is 0.387 e. The number of hydrogen-bond donors (Lipinski definition) is 2. The highest BCUT2D eigenvalue weighted by atomic mass is 32.2. The van der Waals surface area contributed by atoms with Crippen LogP contribution in [0.25, 0.3) is 0 Å². The van der Waals surface area contributed by atoms with E-state index in [0.717, 1.165) is 0 Å². The molecule has 9 nitrogen and oxygen atoms in total. The standard InChI is InChI=1S/C19H17F2N3O6S/c1-11(22-17-12-6-2-5-9-15(12)31(27,28)24-17)18(26)29-10-16(25)23-13-7-3-4-8-14(13)30-19(20)21/h2-9,11,19H,10H2,1H3,(H,22,24)(H,23,25)/t11-/m0/s1. The fraction of sp³-hybridized carbons (Fsp3) is 0.211. The predicted molar refractivity (Wildman–Crippen MR) is 105 cm³/mol. The number of halogens is 2. The Balaban J connectivity index is 1.60. The molecule has 1 aliphatic rings. The number of fused-ring (bicyclic) bond motifs is 1. The first kappa shape index (κ1) is 22.2. The Kier molecular flexibility index (Phi) is 6.49. The molecule has 2 aromatic carbocycles. The van der Waals surface area contributed by atoms with Crippen molar-refractivity contribution in [2.24, 2.45) is 4.99 Å². The van der Waals surface area contributed by atoms with Crippen LogP contribution in [-0.4, -0.2) is 45.4 Å². The predicted octanol–water partition coefficient (Wildman–Crippen LogP) is 1.90. The van der Waals surface area contributed by atoms with Crippen molar-refractivity contribution in [2.45, 2.75) is 24.5 Å². The van der Waals surface area contributed by atoms with E-state index in [2.05, 4.69) is 19.8 Å². The van der Waals surface area contributed by atoms with Crippen molar-refractivity contribution in [3.05, 3.63) is 54.1 Å². The molecule has 164 valence electrons. The first-order valence-electron chi connectivity index (χ1n) is 8.87. The minimum absolute atomic E-state index is 0.0115. The number of carbonyl (C=O) groups is 2. The Morgan fingerprint density at radius 3 is 2.55 bits per heavy atom. The van der Waals surface area contributed by atoms with Crippen LogP contribution < -0.4 is 14.8 Å². The fourth-order valence-corrected chi connectivity index (χ4v) is 3.93. The lowest BCUT2D eigenvalue weighted by molar-refractivity contribution is -0.148. The van der Waals surface area contributed by atoms with E-state index in [1.807, 2.05) is 0 Å². The third kappa shape index (κ3) is 5.34. The second-order valence-corrected chi connectivity index (χ2v) is 7.94. The zero-order valence-corrected chi connectivity index (χ0v) is 16.9. The average Bonchev–Trinajstić information content (AvgIpc) is 2.97. The van der Waals surface area contributed by atoms with Crippen molar-refractivity contribution < 1.29 is 36.3 Å². The number of esters is 1. The highest BCUT2D eigenvalue weighted by Crippen LogP contribution is 2.25. The van der Waals surface area contributed by atoms with Crippen LogP contribution in [-0.2, 0) is 24.3 Å². The first-order valence-corrected chi connectivity index (χ1v) is 10.4. The van der Waals surface area contributed by atoms with Gasteiger partial charge in [0.1, 0.15) is 17.6 Å². The van der Waals surface area contributed by atoms with Crippen LogP contribution in [0.15, 0.2) is 58.4 Å². The quantitative estimate of drug-likeness (QED) is 0.618. The molecule has 0 aliphatic carbocycles. The Morgan fingerprint density at radius 2 is 1.81 bits per heavy atom. The lowest BCUT2D eigenvalue weighted by Crippen LogP contribution is -2.29. The van der Waals surface area contributed by atoms with E-state index in [4.69, 9.17) is 4.74 Å². The van der Waals surface area contributed by atoms with Gasteiger partial charge in [0.2, 0.25) is 0 Å². The highest BCUT2D eigenvalue weighted by Gasteiger charge is 2.31. The molecule has 1 atom stereocenters. The monoisotopic (exact) mass is 453 g/mol. The highest BCUT2D eigenvalue weighted by molar-refractivity contribution is 7.90. The molecule has 1 aliphatic heterocycles. The lowest BCUT2D eigenvalue weighted by Gasteiger charge is -2.12. The summed E-state index contributed by atoms with van der Waals surface area (Å²) < 4.78 is 60.5. The molecule has 12 heteroatoms. The van der Waals surface area contributed by atoms with Crippen LogP contribution in [0.4, 0.5) is 14.5 Å². The van der Waals surface area contributed by atoms with Crippen molar-refractivity contribution in [3.63, 3.8) is 0 Å². The number of para-hydroxylation sites is 2. The van der Waals surface area contributed by atoms with Gasteiger partial charge >= 0.3 is 12.6 Å². The van der Waals surface area contributed by atoms with Gasteiger partial charge in [-0.3, -0.25) is 14.5 Å². The first-order chi connectivity index (χ1) is 14.7. The number of carbonyl (C=O) groups excluding carboxylic acids is 2. The molecule has 0 spiro atoms. The minimum atomic E-state index is -3.76.